The van der Waals surface area contributed by atoms with Gasteiger partial charge in [0.1, 0.15) is 29.0 Å². The highest BCUT2D eigenvalue weighted by Crippen LogP contribution is 2.41. The monoisotopic (exact) mass is 1840 g/mol. The largest absolute Gasteiger partial charge is 0.426 e. The van der Waals surface area contributed by atoms with E-state index in [0.29, 0.717) is 52.2 Å². The van der Waals surface area contributed by atoms with E-state index in [1.807, 2.05) is 85.0 Å². The second kappa shape index (κ2) is 52.9. The molecule has 4 atom stereocenters. The summed E-state index contributed by atoms with van der Waals surface area (Å²) in [6.07, 6.45) is 33.0. The minimum Gasteiger partial charge on any atom is -0.426 e. The minimum absolute atomic E-state index is 0.00415. The molecule has 704 valence electrons. The normalized spacial score (nSPS) is 16.0. The Labute approximate surface area is 814 Å². The first-order chi connectivity index (χ1) is 67.2. The van der Waals surface area contributed by atoms with E-state index in [1.165, 1.54) is 124 Å². The van der Waals surface area contributed by atoms with Gasteiger partial charge in [0.2, 0.25) is 0 Å². The van der Waals surface area contributed by atoms with Gasteiger partial charge in [-0.05, 0) is 274 Å². The highest BCUT2D eigenvalue weighted by Gasteiger charge is 2.29. The number of rotatable bonds is 32. The quantitative estimate of drug-likeness (QED) is 0.0182. The van der Waals surface area contributed by atoms with Crippen LogP contribution in [-0.2, 0) is 30.5 Å². The van der Waals surface area contributed by atoms with E-state index in [-0.39, 0.29) is 34.7 Å². The van der Waals surface area contributed by atoms with Crippen molar-refractivity contribution in [2.45, 2.75) is 168 Å². The highest BCUT2D eigenvalue weighted by molar-refractivity contribution is 5.91. The Balaban J connectivity index is 0.000000155. The number of ether oxygens (including phenoxy) is 2. The van der Waals surface area contributed by atoms with Gasteiger partial charge in [-0.25, -0.2) is 31.1 Å². The first kappa shape index (κ1) is 101. The number of halogens is 6. The van der Waals surface area contributed by atoms with Gasteiger partial charge in [-0.15, -0.1) is 0 Å². The fourth-order valence-corrected chi connectivity index (χ4v) is 17.9. The highest BCUT2D eigenvalue weighted by atomic mass is 19.2. The van der Waals surface area contributed by atoms with Crippen molar-refractivity contribution in [3.63, 3.8) is 0 Å². The van der Waals surface area contributed by atoms with Gasteiger partial charge in [-0.3, -0.25) is 4.79 Å². The average molecular weight is 1840 g/mol. The van der Waals surface area contributed by atoms with Crippen molar-refractivity contribution < 1.29 is 45.4 Å². The Morgan fingerprint density at radius 1 is 0.275 bits per heavy atom. The zero-order valence-electron chi connectivity index (χ0n) is 80.1. The molecule has 4 nitrogen and oxygen atoms in total. The summed E-state index contributed by atoms with van der Waals surface area (Å²) in [6.45, 7) is 13.5. The topological polar surface area (TPSA) is 52.6 Å². The molecule has 2 saturated carbocycles. The summed E-state index contributed by atoms with van der Waals surface area (Å²) in [5, 5.41) is 0. The fraction of sp³-hybridized carbons (Fsp3) is 0.234. The Bertz CT molecular complexity index is 6240. The van der Waals surface area contributed by atoms with Crippen molar-refractivity contribution in [3.8, 4) is 11.5 Å². The second-order valence-corrected chi connectivity index (χ2v) is 36.9. The molecule has 138 heavy (non-hydrogen) atoms. The number of esters is 2. The van der Waals surface area contributed by atoms with Crippen LogP contribution in [0.25, 0.3) is 66.1 Å². The molecule has 14 aromatic rings. The summed E-state index contributed by atoms with van der Waals surface area (Å²) >= 11 is 0. The summed E-state index contributed by atoms with van der Waals surface area (Å²) < 4.78 is 95.7. The molecule has 10 heteroatoms. The Morgan fingerprint density at radius 2 is 0.507 bits per heavy atom. The average Bonchev–Trinajstić information content (AvgIpc) is 0.837. The van der Waals surface area contributed by atoms with Gasteiger partial charge in [-0.1, -0.05) is 407 Å². The molecule has 14 aromatic carbocycles. The van der Waals surface area contributed by atoms with Gasteiger partial charge in [0.15, 0.2) is 17.5 Å². The van der Waals surface area contributed by atoms with E-state index < -0.39 is 35.1 Å². The lowest BCUT2D eigenvalue weighted by atomic mass is 9.79. The molecule has 0 saturated heterocycles. The molecule has 2 aliphatic carbocycles. The van der Waals surface area contributed by atoms with E-state index >= 15 is 0 Å². The van der Waals surface area contributed by atoms with E-state index in [9.17, 15) is 35.9 Å². The van der Waals surface area contributed by atoms with E-state index in [1.54, 1.807) is 36.4 Å². The van der Waals surface area contributed by atoms with Crippen molar-refractivity contribution in [2.24, 2.45) is 23.7 Å². The van der Waals surface area contributed by atoms with E-state index in [2.05, 4.69) is 272 Å². The predicted molar refractivity (Wildman–Crippen MR) is 564 cm³/mol. The Hall–Kier alpha value is -14.0. The number of allylic oxidation sites excluding steroid dienone is 1. The molecule has 2 aliphatic rings. The zero-order valence-corrected chi connectivity index (χ0v) is 80.1. The van der Waals surface area contributed by atoms with Gasteiger partial charge in [-0.2, -0.15) is 0 Å². The summed E-state index contributed by atoms with van der Waals surface area (Å²) in [7, 11) is 0. The predicted octanol–water partition coefficient (Wildman–Crippen LogP) is 35.8. The number of hydrogen-bond acceptors (Lipinski definition) is 4. The van der Waals surface area contributed by atoms with Crippen molar-refractivity contribution >= 4 is 78.0 Å². The van der Waals surface area contributed by atoms with Crippen LogP contribution in [0, 0.1) is 35.3 Å². The minimum atomic E-state index is -1.01. The second-order valence-electron chi connectivity index (χ2n) is 36.9. The molecule has 0 bridgehead atoms. The maximum Gasteiger partial charge on any atom is 0.343 e. The molecule has 0 unspecified atom stereocenters. The van der Waals surface area contributed by atoms with Crippen LogP contribution in [0.5, 0.6) is 11.5 Å². The molecule has 0 N–H and O–H groups in total. The third-order valence-electron chi connectivity index (χ3n) is 26.3. The Kier molecular flexibility index (Phi) is 38.9. The molecule has 0 heterocycles. The molecule has 0 aliphatic heterocycles. The smallest absolute Gasteiger partial charge is 0.343 e. The summed E-state index contributed by atoms with van der Waals surface area (Å²) in [5.74, 6) is -0.447. The van der Waals surface area contributed by atoms with Gasteiger partial charge >= 0.3 is 11.9 Å². The lowest BCUT2D eigenvalue weighted by molar-refractivity contribution is -0.140. The summed E-state index contributed by atoms with van der Waals surface area (Å²) in [6, 6.07) is 115. The lowest BCUT2D eigenvalue weighted by Crippen LogP contribution is -2.25. The number of benzene rings is 14. The van der Waals surface area contributed by atoms with Crippen LogP contribution in [0.1, 0.15) is 258 Å². The van der Waals surface area contributed by atoms with Crippen molar-refractivity contribution in [2.75, 3.05) is 0 Å². The standard InChI is InChI=1S/C34H38F2.C33H38O2.C31H25F3.C30H25FO2/c1-3-7-26-16-20-31(21-17-26)33(35)34(36)32-22-18-28(19-23-32)11-10-27-12-14-29(15-13-27)24-25(2)30-8-5-4-6-9-30;1-3-7-26-16-20-31(21-17-26)33(34)35-32-22-18-28(19-23-32)11-10-27-12-14-29(15-13-27)24-25(2)30-8-5-4-6-9-30;1-22(26-5-3-2-4-6-26)21-25-11-9-23(10-12-25)7-8-24-13-15-27(16-14-24)30(33)31(34)28-17-19-29(32)20-18-28;1-22(26-5-3-2-4-6-26)21-25-11-9-23(10-12-25)7-8-24-13-19-29(20-14-24)33-30(32)27-15-17-28(31)18-16-27/h4-6,8-15,18-19,22-23,25-26,31H,3,7,16-17,20-21,24H2,1-2H3;4-6,8-15,18-19,22-23,25-26,31H,3,7,16-17,20-21,24H2,1-2H3;2-20,22H,21H2,1H3;2-20,22H,21H2,1H3/b11-10?,34-33+;;8-7?,31-30+;/t2*25-,26?,31?;2*22-/m1111/s1. The molecular formula is C128H126F6O4. The van der Waals surface area contributed by atoms with Crippen molar-refractivity contribution in [1.82, 2.24) is 0 Å². The number of carbonyl (C=O) groups is 2. The van der Waals surface area contributed by atoms with Crippen LogP contribution in [0.3, 0.4) is 0 Å². The molecular weight excluding hydrogens is 1720 g/mol. The van der Waals surface area contributed by atoms with Crippen LogP contribution in [0.2, 0.25) is 0 Å². The van der Waals surface area contributed by atoms with Crippen LogP contribution < -0.4 is 9.47 Å². The third-order valence-corrected chi connectivity index (χ3v) is 26.3. The van der Waals surface area contributed by atoms with E-state index in [4.69, 9.17) is 9.47 Å². The molecule has 0 radical (unpaired) electrons. The lowest BCUT2D eigenvalue weighted by Gasteiger charge is -2.27. The SMILES string of the molecule is CCCC1CCC(/C(F)=C(\F)c2ccc(C=Cc3ccc(C[C@@H](C)c4ccccc4)cc3)cc2)CC1.CCCC1CCC(C(=O)Oc2ccc(C=Cc3ccc(C[C@@H](C)c4ccccc4)cc3)cc2)CC1.C[C@H](Cc1ccc(C=Cc2ccc(/C(F)=C(\F)c3ccc(F)cc3)cc2)cc1)c1ccccc1.C[C@H](Cc1ccc(C=Cc2ccc(OC(=O)c3ccc(F)cc3)cc2)cc1)c1ccccc1. The van der Waals surface area contributed by atoms with Crippen LogP contribution in [0.4, 0.5) is 26.3 Å². The van der Waals surface area contributed by atoms with Crippen LogP contribution in [0.15, 0.2) is 370 Å². The molecule has 0 spiro atoms. The maximum atomic E-state index is 14.9. The van der Waals surface area contributed by atoms with Gasteiger partial charge < -0.3 is 9.47 Å². The number of hydrogen-bond donors (Lipinski definition) is 0. The van der Waals surface area contributed by atoms with Gasteiger partial charge in [0, 0.05) is 22.6 Å². The first-order valence-corrected chi connectivity index (χ1v) is 48.9. The van der Waals surface area contributed by atoms with Gasteiger partial charge in [0.25, 0.3) is 0 Å². The summed E-state index contributed by atoms with van der Waals surface area (Å²) in [5.41, 5.74) is 19.9. The van der Waals surface area contributed by atoms with Crippen molar-refractivity contribution in [3.05, 3.63) is 493 Å². The zero-order chi connectivity index (χ0) is 96.8. The van der Waals surface area contributed by atoms with Crippen LogP contribution in [-0.4, -0.2) is 11.9 Å². The van der Waals surface area contributed by atoms with Crippen LogP contribution >= 0.6 is 0 Å². The summed E-state index contributed by atoms with van der Waals surface area (Å²) in [4.78, 5) is 24.7. The fourth-order valence-electron chi connectivity index (χ4n) is 17.9. The maximum absolute atomic E-state index is 14.9. The molecule has 2 fully saturated rings. The number of carbonyl (C=O) groups excluding carboxylic acids is 2. The Morgan fingerprint density at radius 3 is 0.783 bits per heavy atom. The van der Waals surface area contributed by atoms with E-state index in [0.717, 1.165) is 134 Å². The van der Waals surface area contributed by atoms with Crippen molar-refractivity contribution in [1.29, 1.82) is 0 Å². The van der Waals surface area contributed by atoms with Gasteiger partial charge in [0.05, 0.1) is 11.5 Å². The third kappa shape index (κ3) is 32.1. The molecule has 16 rings (SSSR count). The molecule has 0 aromatic heterocycles. The molecule has 0 amide bonds. The first-order valence-electron chi connectivity index (χ1n) is 48.9.